The van der Waals surface area contributed by atoms with Crippen LogP contribution in [0, 0.1) is 6.92 Å². The average molecular weight is 216 g/mol. The van der Waals surface area contributed by atoms with E-state index < -0.39 is 0 Å². The highest BCUT2D eigenvalue weighted by atomic mass is 16.4. The molecular weight excluding hydrogens is 200 g/mol. The second-order valence-corrected chi connectivity index (χ2v) is 4.24. The van der Waals surface area contributed by atoms with E-state index in [1.807, 2.05) is 31.2 Å². The van der Waals surface area contributed by atoms with Gasteiger partial charge in [0.1, 0.15) is 11.5 Å². The van der Waals surface area contributed by atoms with Crippen molar-refractivity contribution in [3.05, 3.63) is 35.9 Å². The van der Waals surface area contributed by atoms with Crippen LogP contribution < -0.4 is 5.73 Å². The highest BCUT2D eigenvalue weighted by molar-refractivity contribution is 5.65. The number of aryl methyl sites for hydroxylation is 1. The predicted octanol–water partition coefficient (Wildman–Crippen LogP) is 3.36. The lowest BCUT2D eigenvalue weighted by Gasteiger charge is -1.98. The molecule has 0 aliphatic heterocycles. The fourth-order valence-corrected chi connectivity index (χ4v) is 1.62. The maximum atomic E-state index is 5.75. The van der Waals surface area contributed by atoms with Gasteiger partial charge in [-0.3, -0.25) is 0 Å². The van der Waals surface area contributed by atoms with Crippen molar-refractivity contribution < 1.29 is 4.42 Å². The number of benzene rings is 1. The largest absolute Gasteiger partial charge is 0.445 e. The van der Waals surface area contributed by atoms with Crippen molar-refractivity contribution in [2.24, 2.45) is 0 Å². The van der Waals surface area contributed by atoms with E-state index in [1.54, 1.807) is 0 Å². The molecule has 3 heteroatoms. The van der Waals surface area contributed by atoms with E-state index >= 15 is 0 Å². The molecule has 84 valence electrons. The molecule has 0 aliphatic rings. The number of nitrogens with zero attached hydrogens (tertiary/aromatic N) is 1. The number of nitrogens with two attached hydrogens (primary N) is 1. The Labute approximate surface area is 95.3 Å². The molecule has 1 heterocycles. The maximum absolute atomic E-state index is 5.75. The molecular formula is C13H16N2O. The van der Waals surface area contributed by atoms with Crippen LogP contribution in [0.1, 0.15) is 31.4 Å². The molecule has 0 saturated heterocycles. The minimum atomic E-state index is 0.300. The average Bonchev–Trinajstić information content (AvgIpc) is 2.60. The maximum Gasteiger partial charge on any atom is 0.197 e. The van der Waals surface area contributed by atoms with Gasteiger partial charge in [-0.15, -0.1) is 0 Å². The van der Waals surface area contributed by atoms with Gasteiger partial charge in [-0.1, -0.05) is 26.0 Å². The molecule has 2 rings (SSSR count). The number of hydrogen-bond acceptors (Lipinski definition) is 3. The summed E-state index contributed by atoms with van der Waals surface area (Å²) in [5, 5.41) is 0. The molecule has 0 spiro atoms. The van der Waals surface area contributed by atoms with Gasteiger partial charge in [-0.05, 0) is 19.1 Å². The monoisotopic (exact) mass is 216 g/mol. The Morgan fingerprint density at radius 3 is 2.62 bits per heavy atom. The van der Waals surface area contributed by atoms with Gasteiger partial charge in [0, 0.05) is 17.2 Å². The summed E-state index contributed by atoms with van der Waals surface area (Å²) < 4.78 is 5.62. The van der Waals surface area contributed by atoms with Gasteiger partial charge in [0.05, 0.1) is 0 Å². The second-order valence-electron chi connectivity index (χ2n) is 4.24. The Hall–Kier alpha value is -1.77. The number of hydrogen-bond donors (Lipinski definition) is 1. The summed E-state index contributed by atoms with van der Waals surface area (Å²) in [5.74, 6) is 1.91. The van der Waals surface area contributed by atoms with Gasteiger partial charge >= 0.3 is 0 Å². The standard InChI is InChI=1S/C13H16N2O/c1-8(2)13-15-12(9(3)16-13)10-5-4-6-11(14)7-10/h4-8H,14H2,1-3H3. The SMILES string of the molecule is Cc1oc(C(C)C)nc1-c1cccc(N)c1. The third kappa shape index (κ3) is 1.94. The normalized spacial score (nSPS) is 11.0. The summed E-state index contributed by atoms with van der Waals surface area (Å²) >= 11 is 0. The van der Waals surface area contributed by atoms with Crippen molar-refractivity contribution in [2.75, 3.05) is 5.73 Å². The lowest BCUT2D eigenvalue weighted by Crippen LogP contribution is -1.88. The lowest BCUT2D eigenvalue weighted by molar-refractivity contribution is 0.450. The zero-order chi connectivity index (χ0) is 11.7. The van der Waals surface area contributed by atoms with E-state index in [2.05, 4.69) is 18.8 Å². The highest BCUT2D eigenvalue weighted by Crippen LogP contribution is 2.27. The Morgan fingerprint density at radius 1 is 1.31 bits per heavy atom. The van der Waals surface area contributed by atoms with E-state index in [-0.39, 0.29) is 0 Å². The van der Waals surface area contributed by atoms with Gasteiger partial charge in [0.15, 0.2) is 5.89 Å². The molecule has 0 amide bonds. The predicted molar refractivity (Wildman–Crippen MR) is 65.2 cm³/mol. The molecule has 1 aromatic carbocycles. The molecule has 0 fully saturated rings. The van der Waals surface area contributed by atoms with E-state index in [0.29, 0.717) is 5.92 Å². The first-order valence-electron chi connectivity index (χ1n) is 5.41. The zero-order valence-electron chi connectivity index (χ0n) is 9.82. The van der Waals surface area contributed by atoms with E-state index in [9.17, 15) is 0 Å². The van der Waals surface area contributed by atoms with E-state index in [0.717, 1.165) is 28.6 Å². The van der Waals surface area contributed by atoms with E-state index in [1.165, 1.54) is 0 Å². The minimum absolute atomic E-state index is 0.300. The first kappa shape index (κ1) is 10.7. The van der Waals surface area contributed by atoms with Crippen LogP contribution in [0.2, 0.25) is 0 Å². The zero-order valence-corrected chi connectivity index (χ0v) is 9.82. The summed E-state index contributed by atoms with van der Waals surface area (Å²) in [6, 6.07) is 7.69. The number of rotatable bonds is 2. The Balaban J connectivity index is 2.48. The fourth-order valence-electron chi connectivity index (χ4n) is 1.62. The van der Waals surface area contributed by atoms with Gasteiger partial charge in [-0.2, -0.15) is 0 Å². The van der Waals surface area contributed by atoms with Crippen LogP contribution in [0.5, 0.6) is 0 Å². The topological polar surface area (TPSA) is 52.0 Å². The summed E-state index contributed by atoms with van der Waals surface area (Å²) in [4.78, 5) is 4.50. The van der Waals surface area contributed by atoms with Crippen LogP contribution >= 0.6 is 0 Å². The Bertz CT molecular complexity index is 500. The minimum Gasteiger partial charge on any atom is -0.445 e. The lowest BCUT2D eigenvalue weighted by atomic mass is 10.1. The fraction of sp³-hybridized carbons (Fsp3) is 0.308. The first-order valence-corrected chi connectivity index (χ1v) is 5.41. The molecule has 2 N–H and O–H groups in total. The highest BCUT2D eigenvalue weighted by Gasteiger charge is 2.13. The Morgan fingerprint density at radius 2 is 2.06 bits per heavy atom. The summed E-state index contributed by atoms with van der Waals surface area (Å²) in [6.07, 6.45) is 0. The van der Waals surface area contributed by atoms with Crippen LogP contribution in [0.4, 0.5) is 5.69 Å². The number of oxazole rings is 1. The van der Waals surface area contributed by atoms with Crippen LogP contribution in [-0.4, -0.2) is 4.98 Å². The summed E-state index contributed by atoms with van der Waals surface area (Å²) in [7, 11) is 0. The molecule has 1 aromatic heterocycles. The van der Waals surface area contributed by atoms with Crippen molar-refractivity contribution in [3.8, 4) is 11.3 Å². The van der Waals surface area contributed by atoms with Crippen molar-refractivity contribution >= 4 is 5.69 Å². The molecule has 16 heavy (non-hydrogen) atoms. The number of nitrogen functional groups attached to an aromatic ring is 1. The van der Waals surface area contributed by atoms with Crippen LogP contribution in [0.25, 0.3) is 11.3 Å². The van der Waals surface area contributed by atoms with Crippen molar-refractivity contribution in [2.45, 2.75) is 26.7 Å². The van der Waals surface area contributed by atoms with Gasteiger partial charge < -0.3 is 10.2 Å². The van der Waals surface area contributed by atoms with Crippen LogP contribution in [-0.2, 0) is 0 Å². The molecule has 2 aromatic rings. The molecule has 0 unspecified atom stereocenters. The summed E-state index contributed by atoms with van der Waals surface area (Å²) in [6.45, 7) is 6.06. The van der Waals surface area contributed by atoms with Gasteiger partial charge in [-0.25, -0.2) is 4.98 Å². The third-order valence-electron chi connectivity index (χ3n) is 2.47. The van der Waals surface area contributed by atoms with Gasteiger partial charge in [0.25, 0.3) is 0 Å². The number of aromatic nitrogens is 1. The van der Waals surface area contributed by atoms with Crippen molar-refractivity contribution in [1.82, 2.24) is 4.98 Å². The van der Waals surface area contributed by atoms with Crippen molar-refractivity contribution in [3.63, 3.8) is 0 Å². The van der Waals surface area contributed by atoms with E-state index in [4.69, 9.17) is 10.2 Å². The van der Waals surface area contributed by atoms with Crippen LogP contribution in [0.3, 0.4) is 0 Å². The van der Waals surface area contributed by atoms with Crippen molar-refractivity contribution in [1.29, 1.82) is 0 Å². The summed E-state index contributed by atoms with van der Waals surface area (Å²) in [5.41, 5.74) is 8.39. The Kier molecular flexibility index (Phi) is 2.69. The quantitative estimate of drug-likeness (QED) is 0.783. The molecule has 0 atom stereocenters. The van der Waals surface area contributed by atoms with Gasteiger partial charge in [0.2, 0.25) is 0 Å². The second kappa shape index (κ2) is 4.00. The third-order valence-corrected chi connectivity index (χ3v) is 2.47. The number of anilines is 1. The first-order chi connectivity index (χ1) is 7.58. The molecule has 0 aliphatic carbocycles. The van der Waals surface area contributed by atoms with Crippen LogP contribution in [0.15, 0.2) is 28.7 Å². The molecule has 0 bridgehead atoms. The molecule has 3 nitrogen and oxygen atoms in total. The smallest absolute Gasteiger partial charge is 0.197 e. The molecule has 0 radical (unpaired) electrons. The molecule has 0 saturated carbocycles.